The zero-order chi connectivity index (χ0) is 13.8. The molecule has 1 aromatic heterocycles. The predicted octanol–water partition coefficient (Wildman–Crippen LogP) is 2.10. The number of carbonyl (C=O) groups excluding carboxylic acids is 1. The summed E-state index contributed by atoms with van der Waals surface area (Å²) in [6.45, 7) is 2.00. The highest BCUT2D eigenvalue weighted by molar-refractivity contribution is 5.85. The number of fused-ring (bicyclic) bond motifs is 1. The lowest BCUT2D eigenvalue weighted by Crippen LogP contribution is -2.22. The van der Waals surface area contributed by atoms with Crippen LogP contribution >= 0.6 is 0 Å². The van der Waals surface area contributed by atoms with Crippen molar-refractivity contribution in [3.8, 4) is 5.75 Å². The molecule has 0 bridgehead atoms. The van der Waals surface area contributed by atoms with Gasteiger partial charge in [-0.2, -0.15) is 0 Å². The molecule has 0 atom stereocenters. The molecular formula is C13H17N3O3. The summed E-state index contributed by atoms with van der Waals surface area (Å²) >= 11 is 0. The Morgan fingerprint density at radius 1 is 1.53 bits per heavy atom. The van der Waals surface area contributed by atoms with Crippen molar-refractivity contribution in [3.05, 3.63) is 34.9 Å². The van der Waals surface area contributed by atoms with Crippen LogP contribution in [0.4, 0.5) is 0 Å². The zero-order valence-electron chi connectivity index (χ0n) is 10.8. The van der Waals surface area contributed by atoms with Gasteiger partial charge in [0.05, 0.1) is 17.9 Å². The molecule has 1 amide bonds. The number of hydrogen-bond donors (Lipinski definition) is 1. The van der Waals surface area contributed by atoms with Gasteiger partial charge in [0, 0.05) is 32.5 Å². The summed E-state index contributed by atoms with van der Waals surface area (Å²) in [6, 6.07) is 5.48. The van der Waals surface area contributed by atoms with Gasteiger partial charge in [-0.15, -0.1) is 4.91 Å². The highest BCUT2D eigenvalue weighted by atomic mass is 16.5. The van der Waals surface area contributed by atoms with Gasteiger partial charge in [-0.05, 0) is 24.1 Å². The molecule has 6 nitrogen and oxygen atoms in total. The number of benzene rings is 1. The van der Waals surface area contributed by atoms with Crippen molar-refractivity contribution in [1.82, 2.24) is 9.99 Å². The fraction of sp³-hybridized carbons (Fsp3) is 0.308. The Morgan fingerprint density at radius 2 is 2.32 bits per heavy atom. The Labute approximate surface area is 111 Å². The summed E-state index contributed by atoms with van der Waals surface area (Å²) in [6.07, 6.45) is 2.32. The van der Waals surface area contributed by atoms with Gasteiger partial charge < -0.3 is 10.1 Å². The van der Waals surface area contributed by atoms with Crippen LogP contribution in [-0.2, 0) is 11.2 Å². The second kappa shape index (κ2) is 5.51. The lowest BCUT2D eigenvalue weighted by Gasteiger charge is -2.02. The van der Waals surface area contributed by atoms with Crippen molar-refractivity contribution >= 4 is 16.8 Å². The summed E-state index contributed by atoms with van der Waals surface area (Å²) in [7, 11) is 1.57. The molecule has 0 aliphatic rings. The number of carbonyl (C=O) groups is 1. The number of amides is 1. The summed E-state index contributed by atoms with van der Waals surface area (Å²) in [4.78, 5) is 21.7. The van der Waals surface area contributed by atoms with E-state index in [1.807, 2.05) is 12.1 Å². The van der Waals surface area contributed by atoms with Crippen LogP contribution in [0.15, 0.2) is 29.7 Å². The first-order chi connectivity index (χ1) is 9.15. The Kier molecular flexibility index (Phi) is 3.79. The molecule has 0 radical (unpaired) electrons. The molecule has 0 fully saturated rings. The van der Waals surface area contributed by atoms with E-state index in [4.69, 9.17) is 4.74 Å². The van der Waals surface area contributed by atoms with Crippen LogP contribution in [0.3, 0.4) is 0 Å². The number of nitrogens with one attached hydrogen (secondary N) is 1. The first-order valence-corrected chi connectivity index (χ1v) is 5.91. The first-order valence-electron chi connectivity index (χ1n) is 5.91. The molecule has 0 unspecified atom stereocenters. The van der Waals surface area contributed by atoms with Gasteiger partial charge >= 0.3 is 0 Å². The molecule has 2 aromatic rings. The molecular weight excluding hydrogens is 246 g/mol. The molecule has 19 heavy (non-hydrogen) atoms. The maximum absolute atomic E-state index is 10.8. The molecule has 1 aromatic carbocycles. The maximum Gasteiger partial charge on any atom is 0.216 e. The van der Waals surface area contributed by atoms with Crippen LogP contribution in [0.25, 0.3) is 10.9 Å². The van der Waals surface area contributed by atoms with Crippen LogP contribution in [0.1, 0.15) is 13.9 Å². The van der Waals surface area contributed by atoms with Crippen LogP contribution in [0, 0.1) is 4.91 Å². The highest BCUT2D eigenvalue weighted by Crippen LogP contribution is 2.26. The third kappa shape index (κ3) is 2.73. The van der Waals surface area contributed by atoms with E-state index in [9.17, 15) is 9.70 Å². The van der Waals surface area contributed by atoms with E-state index in [-0.39, 0.29) is 7.33 Å². The molecule has 0 saturated carbocycles. The van der Waals surface area contributed by atoms with E-state index in [0.29, 0.717) is 24.2 Å². The van der Waals surface area contributed by atoms with Gasteiger partial charge in [-0.1, -0.05) is 0 Å². The van der Waals surface area contributed by atoms with Crippen molar-refractivity contribution < 1.29 is 11.0 Å². The monoisotopic (exact) mass is 263 g/mol. The first kappa shape index (κ1) is 13.1. The maximum atomic E-state index is 10.8. The van der Waals surface area contributed by atoms with Gasteiger partial charge in [0.1, 0.15) is 5.75 Å². The second-order valence-corrected chi connectivity index (χ2v) is 4.20. The van der Waals surface area contributed by atoms with Crippen LogP contribution < -0.4 is 10.1 Å². The van der Waals surface area contributed by atoms with Gasteiger partial charge in [0.25, 0.3) is 0 Å². The Balaban J connectivity index is 0.00000200. The van der Waals surface area contributed by atoms with Gasteiger partial charge in [0.15, 0.2) is 0 Å². The molecule has 0 spiro atoms. The number of aromatic nitrogens is 1. The average Bonchev–Trinajstić information content (AvgIpc) is 2.75. The number of nitroso groups, excluding NO2 is 1. The lowest BCUT2D eigenvalue weighted by molar-refractivity contribution is -0.118. The van der Waals surface area contributed by atoms with Gasteiger partial charge in [0.2, 0.25) is 5.91 Å². The summed E-state index contributed by atoms with van der Waals surface area (Å²) in [5, 5.41) is 6.62. The molecule has 2 rings (SSSR count). The van der Waals surface area contributed by atoms with Gasteiger partial charge in [-0.25, -0.2) is 4.68 Å². The SMILES string of the molecule is COc1ccc2c(CCNC(C)=O)cn(N=O)c2c1.[HH]. The largest absolute Gasteiger partial charge is 0.497 e. The molecule has 6 heteroatoms. The van der Waals surface area contributed by atoms with Crippen LogP contribution in [-0.4, -0.2) is 24.2 Å². The molecule has 102 valence electrons. The standard InChI is InChI=1S/C13H15N3O3.H2/c1-9(17)14-6-5-10-8-16(15-18)13-7-11(19-2)3-4-12(10)13;/h3-4,7-8H,5-6H2,1-2H3,(H,14,17);1H. The smallest absolute Gasteiger partial charge is 0.216 e. The normalized spacial score (nSPS) is 10.4. The highest BCUT2D eigenvalue weighted by Gasteiger charge is 2.10. The topological polar surface area (TPSA) is 72.7 Å². The third-order valence-electron chi connectivity index (χ3n) is 2.93. The van der Waals surface area contributed by atoms with Crippen molar-refractivity contribution in [2.24, 2.45) is 5.29 Å². The number of methoxy groups -OCH3 is 1. The third-order valence-corrected chi connectivity index (χ3v) is 2.93. The second-order valence-electron chi connectivity index (χ2n) is 4.20. The minimum absolute atomic E-state index is 0. The van der Waals surface area contributed by atoms with E-state index in [1.165, 1.54) is 11.6 Å². The van der Waals surface area contributed by atoms with Crippen molar-refractivity contribution in [3.63, 3.8) is 0 Å². The van der Waals surface area contributed by atoms with E-state index < -0.39 is 0 Å². The molecule has 1 heterocycles. The Bertz CT molecular complexity index is 625. The van der Waals surface area contributed by atoms with Gasteiger partial charge in [-0.3, -0.25) is 4.79 Å². The molecule has 0 aliphatic heterocycles. The number of ether oxygens (including phenoxy) is 1. The number of nitrogens with zero attached hydrogens (tertiary/aromatic N) is 2. The zero-order valence-corrected chi connectivity index (χ0v) is 10.8. The van der Waals surface area contributed by atoms with Crippen LogP contribution in [0.2, 0.25) is 0 Å². The quantitative estimate of drug-likeness (QED) is 0.839. The number of hydrogen-bond acceptors (Lipinski definition) is 4. The fourth-order valence-corrected chi connectivity index (χ4v) is 2.03. The van der Waals surface area contributed by atoms with E-state index in [2.05, 4.69) is 10.6 Å². The lowest BCUT2D eigenvalue weighted by atomic mass is 10.1. The van der Waals surface area contributed by atoms with Crippen molar-refractivity contribution in [1.29, 1.82) is 0 Å². The van der Waals surface area contributed by atoms with E-state index in [1.54, 1.807) is 19.4 Å². The Morgan fingerprint density at radius 3 is 2.95 bits per heavy atom. The number of rotatable bonds is 5. The average molecular weight is 263 g/mol. The molecule has 1 N–H and O–H groups in total. The summed E-state index contributed by atoms with van der Waals surface area (Å²) in [5.74, 6) is 0.600. The predicted molar refractivity (Wildman–Crippen MR) is 74.2 cm³/mol. The van der Waals surface area contributed by atoms with Crippen molar-refractivity contribution in [2.75, 3.05) is 13.7 Å². The van der Waals surface area contributed by atoms with E-state index >= 15 is 0 Å². The molecule has 0 aliphatic carbocycles. The summed E-state index contributed by atoms with van der Waals surface area (Å²) in [5.41, 5.74) is 1.66. The van der Waals surface area contributed by atoms with Crippen LogP contribution in [0.5, 0.6) is 5.75 Å². The minimum atomic E-state index is -0.0704. The Hall–Kier alpha value is -2.37. The molecule has 0 saturated heterocycles. The fourth-order valence-electron chi connectivity index (χ4n) is 2.03. The van der Waals surface area contributed by atoms with Crippen molar-refractivity contribution in [2.45, 2.75) is 13.3 Å². The minimum Gasteiger partial charge on any atom is -0.497 e. The van der Waals surface area contributed by atoms with E-state index in [0.717, 1.165) is 10.9 Å². The summed E-state index contributed by atoms with van der Waals surface area (Å²) < 4.78 is 6.41.